The standard InChI is InChI=1S/C13H18O2/c1-9(2)10-5-6-11-12(7-10)14-8-13(3,4)15-11/h5-7,9H,8H2,1-4H3. The summed E-state index contributed by atoms with van der Waals surface area (Å²) >= 11 is 0. The van der Waals surface area contributed by atoms with Crippen LogP contribution >= 0.6 is 0 Å². The van der Waals surface area contributed by atoms with E-state index >= 15 is 0 Å². The highest BCUT2D eigenvalue weighted by Gasteiger charge is 2.28. The van der Waals surface area contributed by atoms with E-state index in [2.05, 4.69) is 26.0 Å². The fourth-order valence-corrected chi connectivity index (χ4v) is 1.66. The van der Waals surface area contributed by atoms with Crippen LogP contribution in [0.5, 0.6) is 11.5 Å². The van der Waals surface area contributed by atoms with E-state index in [1.807, 2.05) is 19.9 Å². The van der Waals surface area contributed by atoms with E-state index in [9.17, 15) is 0 Å². The molecule has 0 atom stereocenters. The molecule has 0 radical (unpaired) electrons. The zero-order valence-electron chi connectivity index (χ0n) is 9.83. The second-order valence-corrected chi connectivity index (χ2v) is 5.01. The lowest BCUT2D eigenvalue weighted by Gasteiger charge is -2.32. The highest BCUT2D eigenvalue weighted by molar-refractivity contribution is 5.45. The summed E-state index contributed by atoms with van der Waals surface area (Å²) in [6, 6.07) is 6.19. The molecule has 0 spiro atoms. The van der Waals surface area contributed by atoms with Crippen LogP contribution in [0.25, 0.3) is 0 Å². The van der Waals surface area contributed by atoms with Gasteiger partial charge >= 0.3 is 0 Å². The van der Waals surface area contributed by atoms with Crippen molar-refractivity contribution >= 4 is 0 Å². The number of benzene rings is 1. The minimum Gasteiger partial charge on any atom is -0.486 e. The maximum absolute atomic E-state index is 5.83. The lowest BCUT2D eigenvalue weighted by Crippen LogP contribution is -2.38. The van der Waals surface area contributed by atoms with Crippen LogP contribution in [0.1, 0.15) is 39.2 Å². The van der Waals surface area contributed by atoms with Gasteiger partial charge in [-0.3, -0.25) is 0 Å². The van der Waals surface area contributed by atoms with E-state index in [0.717, 1.165) is 11.5 Å². The monoisotopic (exact) mass is 206 g/mol. The second kappa shape index (κ2) is 3.44. The molecule has 1 aliphatic heterocycles. The Labute approximate surface area is 91.2 Å². The Morgan fingerprint density at radius 1 is 1.20 bits per heavy atom. The number of fused-ring (bicyclic) bond motifs is 1. The number of hydrogen-bond donors (Lipinski definition) is 0. The van der Waals surface area contributed by atoms with Crippen LogP contribution < -0.4 is 9.47 Å². The molecule has 0 N–H and O–H groups in total. The molecular weight excluding hydrogens is 188 g/mol. The molecule has 82 valence electrons. The maximum Gasteiger partial charge on any atom is 0.162 e. The highest BCUT2D eigenvalue weighted by atomic mass is 16.6. The van der Waals surface area contributed by atoms with Gasteiger partial charge in [0.05, 0.1) is 0 Å². The van der Waals surface area contributed by atoms with Gasteiger partial charge in [0.1, 0.15) is 12.2 Å². The van der Waals surface area contributed by atoms with Crippen LogP contribution in [0.4, 0.5) is 0 Å². The highest BCUT2D eigenvalue weighted by Crippen LogP contribution is 2.37. The largest absolute Gasteiger partial charge is 0.486 e. The topological polar surface area (TPSA) is 18.5 Å². The molecule has 1 heterocycles. The molecule has 0 unspecified atom stereocenters. The molecule has 15 heavy (non-hydrogen) atoms. The van der Waals surface area contributed by atoms with E-state index in [1.54, 1.807) is 0 Å². The van der Waals surface area contributed by atoms with Gasteiger partial charge < -0.3 is 9.47 Å². The first kappa shape index (κ1) is 10.3. The zero-order chi connectivity index (χ0) is 11.1. The molecular formula is C13H18O2. The van der Waals surface area contributed by atoms with Gasteiger partial charge in [-0.15, -0.1) is 0 Å². The van der Waals surface area contributed by atoms with Crippen molar-refractivity contribution in [2.45, 2.75) is 39.2 Å². The van der Waals surface area contributed by atoms with E-state index in [1.165, 1.54) is 5.56 Å². The quantitative estimate of drug-likeness (QED) is 0.701. The van der Waals surface area contributed by atoms with Gasteiger partial charge in [-0.05, 0) is 37.5 Å². The van der Waals surface area contributed by atoms with Gasteiger partial charge in [-0.1, -0.05) is 19.9 Å². The molecule has 0 aliphatic carbocycles. The smallest absolute Gasteiger partial charge is 0.162 e. The lowest BCUT2D eigenvalue weighted by molar-refractivity contribution is 0.0212. The van der Waals surface area contributed by atoms with Crippen molar-refractivity contribution in [3.8, 4) is 11.5 Å². The van der Waals surface area contributed by atoms with Crippen LogP contribution in [0.3, 0.4) is 0 Å². The average Bonchev–Trinajstić information content (AvgIpc) is 2.15. The van der Waals surface area contributed by atoms with Crippen LogP contribution in [-0.2, 0) is 0 Å². The Balaban J connectivity index is 2.32. The summed E-state index contributed by atoms with van der Waals surface area (Å²) in [5.74, 6) is 2.25. The fraction of sp³-hybridized carbons (Fsp3) is 0.538. The first-order chi connectivity index (χ1) is 6.98. The SMILES string of the molecule is CC(C)c1ccc2c(c1)OCC(C)(C)O2. The molecule has 0 fully saturated rings. The van der Waals surface area contributed by atoms with Crippen molar-refractivity contribution in [2.24, 2.45) is 0 Å². The maximum atomic E-state index is 5.83. The van der Waals surface area contributed by atoms with Crippen molar-refractivity contribution in [1.82, 2.24) is 0 Å². The summed E-state index contributed by atoms with van der Waals surface area (Å²) in [6.07, 6.45) is 0. The summed E-state index contributed by atoms with van der Waals surface area (Å²) in [6.45, 7) is 9.03. The summed E-state index contributed by atoms with van der Waals surface area (Å²) in [4.78, 5) is 0. The average molecular weight is 206 g/mol. The molecule has 2 nitrogen and oxygen atoms in total. The first-order valence-corrected chi connectivity index (χ1v) is 5.44. The number of rotatable bonds is 1. The molecule has 0 saturated heterocycles. The third-order valence-electron chi connectivity index (χ3n) is 2.60. The minimum absolute atomic E-state index is 0.216. The Hall–Kier alpha value is -1.18. The summed E-state index contributed by atoms with van der Waals surface area (Å²) in [7, 11) is 0. The Morgan fingerprint density at radius 3 is 2.60 bits per heavy atom. The van der Waals surface area contributed by atoms with Gasteiger partial charge in [-0.25, -0.2) is 0 Å². The Morgan fingerprint density at radius 2 is 1.93 bits per heavy atom. The molecule has 2 heteroatoms. The van der Waals surface area contributed by atoms with Crippen molar-refractivity contribution in [1.29, 1.82) is 0 Å². The summed E-state index contributed by atoms with van der Waals surface area (Å²) < 4.78 is 11.5. The van der Waals surface area contributed by atoms with E-state index in [-0.39, 0.29) is 5.60 Å². The van der Waals surface area contributed by atoms with Crippen LogP contribution in [-0.4, -0.2) is 12.2 Å². The van der Waals surface area contributed by atoms with Crippen molar-refractivity contribution in [3.63, 3.8) is 0 Å². The second-order valence-electron chi connectivity index (χ2n) is 5.01. The molecule has 0 amide bonds. The van der Waals surface area contributed by atoms with Gasteiger partial charge in [0.15, 0.2) is 11.5 Å². The fourth-order valence-electron chi connectivity index (χ4n) is 1.66. The van der Waals surface area contributed by atoms with Crippen LogP contribution in [0.2, 0.25) is 0 Å². The van der Waals surface area contributed by atoms with E-state index in [4.69, 9.17) is 9.47 Å². The Bertz CT molecular complexity index is 367. The van der Waals surface area contributed by atoms with Crippen LogP contribution in [0, 0.1) is 0 Å². The molecule has 0 saturated carbocycles. The third-order valence-corrected chi connectivity index (χ3v) is 2.60. The Kier molecular flexibility index (Phi) is 2.37. The summed E-state index contributed by atoms with van der Waals surface area (Å²) in [5.41, 5.74) is 1.07. The van der Waals surface area contributed by atoms with Gasteiger partial charge in [-0.2, -0.15) is 0 Å². The predicted octanol–water partition coefficient (Wildman–Crippen LogP) is 3.36. The molecule has 1 aromatic carbocycles. The minimum atomic E-state index is -0.216. The number of ether oxygens (including phenoxy) is 2. The molecule has 0 aromatic heterocycles. The zero-order valence-corrected chi connectivity index (χ0v) is 9.83. The van der Waals surface area contributed by atoms with Crippen molar-refractivity contribution in [3.05, 3.63) is 23.8 Å². The van der Waals surface area contributed by atoms with Gasteiger partial charge in [0, 0.05) is 0 Å². The van der Waals surface area contributed by atoms with E-state index in [0.29, 0.717) is 12.5 Å². The predicted molar refractivity (Wildman–Crippen MR) is 60.7 cm³/mol. The van der Waals surface area contributed by atoms with Crippen molar-refractivity contribution < 1.29 is 9.47 Å². The normalized spacial score (nSPS) is 17.9. The van der Waals surface area contributed by atoms with Crippen molar-refractivity contribution in [2.75, 3.05) is 6.61 Å². The summed E-state index contributed by atoms with van der Waals surface area (Å²) in [5, 5.41) is 0. The lowest BCUT2D eigenvalue weighted by atomic mass is 10.0. The number of hydrogen-bond acceptors (Lipinski definition) is 2. The third kappa shape index (κ3) is 2.09. The van der Waals surface area contributed by atoms with Gasteiger partial charge in [0.25, 0.3) is 0 Å². The molecule has 0 bridgehead atoms. The van der Waals surface area contributed by atoms with Gasteiger partial charge in [0.2, 0.25) is 0 Å². The molecule has 1 aliphatic rings. The first-order valence-electron chi connectivity index (χ1n) is 5.44. The molecule has 2 rings (SSSR count). The van der Waals surface area contributed by atoms with Crippen LogP contribution in [0.15, 0.2) is 18.2 Å². The van der Waals surface area contributed by atoms with E-state index < -0.39 is 0 Å². The molecule has 1 aromatic rings.